The van der Waals surface area contributed by atoms with Crippen LogP contribution in [0.2, 0.25) is 0 Å². The summed E-state index contributed by atoms with van der Waals surface area (Å²) in [6, 6.07) is 15.0. The van der Waals surface area contributed by atoms with Gasteiger partial charge in [0.05, 0.1) is 12.2 Å². The van der Waals surface area contributed by atoms with E-state index in [1.165, 1.54) is 10.5 Å². The van der Waals surface area contributed by atoms with Crippen LogP contribution in [0, 0.1) is 0 Å². The maximum atomic E-state index is 13.0. The van der Waals surface area contributed by atoms with E-state index in [0.717, 1.165) is 18.4 Å². The van der Waals surface area contributed by atoms with Gasteiger partial charge in [-0.2, -0.15) is 0 Å². The number of nitrogens with zero attached hydrogens (tertiary/aromatic N) is 2. The zero-order valence-electron chi connectivity index (χ0n) is 17.5. The number of rotatable bonds is 4. The minimum atomic E-state index is -0.930. The monoisotopic (exact) mass is 423 g/mol. The van der Waals surface area contributed by atoms with Crippen molar-refractivity contribution in [3.05, 3.63) is 70.8 Å². The molecule has 4 N–H and O–H groups in total. The van der Waals surface area contributed by atoms with E-state index in [0.29, 0.717) is 36.7 Å². The van der Waals surface area contributed by atoms with Crippen molar-refractivity contribution in [1.29, 1.82) is 0 Å². The van der Waals surface area contributed by atoms with Gasteiger partial charge in [0.1, 0.15) is 0 Å². The van der Waals surface area contributed by atoms with Crippen LogP contribution in [0.4, 0.5) is 0 Å². The van der Waals surface area contributed by atoms with Crippen LogP contribution in [0.25, 0.3) is 0 Å². The maximum absolute atomic E-state index is 13.0. The summed E-state index contributed by atoms with van der Waals surface area (Å²) >= 11 is 0. The number of aliphatic hydroxyl groups is 2. The molecule has 2 heterocycles. The Morgan fingerprint density at radius 2 is 1.45 bits per heavy atom. The Morgan fingerprint density at radius 1 is 0.871 bits per heavy atom. The lowest BCUT2D eigenvalue weighted by molar-refractivity contribution is 0.0572. The van der Waals surface area contributed by atoms with Crippen LogP contribution in [0.1, 0.15) is 50.6 Å². The molecule has 2 aromatic carbocycles. The van der Waals surface area contributed by atoms with Crippen molar-refractivity contribution in [3.8, 4) is 0 Å². The summed E-state index contributed by atoms with van der Waals surface area (Å²) in [5.41, 5.74) is 9.02. The Morgan fingerprint density at radius 3 is 2.06 bits per heavy atom. The van der Waals surface area contributed by atoms with Crippen LogP contribution in [-0.2, 0) is 6.54 Å². The SMILES string of the molecule is NCc1cccc(C2CCN(C(=O)c3cccc(C(=O)N4CC(O)C(O)C4)c3)CC2)c1. The third-order valence-electron chi connectivity index (χ3n) is 6.34. The number of hydrogen-bond acceptors (Lipinski definition) is 5. The first-order valence-corrected chi connectivity index (χ1v) is 10.8. The van der Waals surface area contributed by atoms with Crippen molar-refractivity contribution >= 4 is 11.8 Å². The number of β-amino-alcohol motifs (C(OH)–C–C–N with tert-alkyl or cyclic N) is 2. The highest BCUT2D eigenvalue weighted by Crippen LogP contribution is 2.29. The lowest BCUT2D eigenvalue weighted by atomic mass is 9.88. The molecule has 2 atom stereocenters. The van der Waals surface area contributed by atoms with Crippen LogP contribution in [0.3, 0.4) is 0 Å². The van der Waals surface area contributed by atoms with E-state index in [1.54, 1.807) is 24.3 Å². The fraction of sp³-hybridized carbons (Fsp3) is 0.417. The summed E-state index contributed by atoms with van der Waals surface area (Å²) in [7, 11) is 0. The third-order valence-corrected chi connectivity index (χ3v) is 6.34. The summed E-state index contributed by atoms with van der Waals surface area (Å²) < 4.78 is 0. The zero-order valence-corrected chi connectivity index (χ0v) is 17.5. The van der Waals surface area contributed by atoms with Crippen LogP contribution in [0.5, 0.6) is 0 Å². The molecular formula is C24H29N3O4. The summed E-state index contributed by atoms with van der Waals surface area (Å²) in [6.45, 7) is 2.04. The summed E-state index contributed by atoms with van der Waals surface area (Å²) in [6.07, 6.45) is -0.0784. The van der Waals surface area contributed by atoms with E-state index in [9.17, 15) is 19.8 Å². The molecule has 2 aliphatic heterocycles. The molecule has 0 bridgehead atoms. The number of piperidine rings is 1. The molecule has 4 rings (SSSR count). The smallest absolute Gasteiger partial charge is 0.254 e. The Balaban J connectivity index is 1.40. The zero-order chi connectivity index (χ0) is 22.0. The molecule has 164 valence electrons. The van der Waals surface area contributed by atoms with Crippen molar-refractivity contribution in [2.24, 2.45) is 5.73 Å². The topological polar surface area (TPSA) is 107 Å². The molecule has 0 saturated carbocycles. The minimum Gasteiger partial charge on any atom is -0.388 e. The fourth-order valence-corrected chi connectivity index (χ4v) is 4.48. The van der Waals surface area contributed by atoms with Crippen LogP contribution in [-0.4, -0.2) is 70.2 Å². The van der Waals surface area contributed by atoms with E-state index in [4.69, 9.17) is 5.73 Å². The van der Waals surface area contributed by atoms with E-state index < -0.39 is 12.2 Å². The Labute approximate surface area is 182 Å². The predicted octanol–water partition coefficient (Wildman–Crippen LogP) is 1.34. The molecule has 0 aliphatic carbocycles. The molecule has 31 heavy (non-hydrogen) atoms. The average Bonchev–Trinajstić information content (AvgIpc) is 3.16. The van der Waals surface area contributed by atoms with Crippen molar-refractivity contribution < 1.29 is 19.8 Å². The Kier molecular flexibility index (Phi) is 6.36. The second-order valence-electron chi connectivity index (χ2n) is 8.44. The van der Waals surface area contributed by atoms with Gasteiger partial charge in [-0.05, 0) is 48.1 Å². The number of aliphatic hydroxyl groups excluding tert-OH is 2. The second kappa shape index (κ2) is 9.18. The van der Waals surface area contributed by atoms with Crippen molar-refractivity contribution in [2.75, 3.05) is 26.2 Å². The molecule has 2 aliphatic rings. The maximum Gasteiger partial charge on any atom is 0.254 e. The fourth-order valence-electron chi connectivity index (χ4n) is 4.48. The molecule has 7 nitrogen and oxygen atoms in total. The molecule has 2 aromatic rings. The molecule has 0 spiro atoms. The first-order chi connectivity index (χ1) is 15.0. The van der Waals surface area contributed by atoms with Gasteiger partial charge >= 0.3 is 0 Å². The third kappa shape index (κ3) is 4.63. The van der Waals surface area contributed by atoms with Gasteiger partial charge in [-0.15, -0.1) is 0 Å². The van der Waals surface area contributed by atoms with Gasteiger partial charge in [0.25, 0.3) is 11.8 Å². The molecule has 7 heteroatoms. The predicted molar refractivity (Wildman–Crippen MR) is 117 cm³/mol. The highest BCUT2D eigenvalue weighted by atomic mass is 16.3. The minimum absolute atomic E-state index is 0.0784. The molecule has 2 unspecified atom stereocenters. The van der Waals surface area contributed by atoms with Crippen molar-refractivity contribution in [1.82, 2.24) is 9.80 Å². The quantitative estimate of drug-likeness (QED) is 0.688. The molecule has 0 radical (unpaired) electrons. The Hall–Kier alpha value is -2.74. The standard InChI is InChI=1S/C24H29N3O4/c25-13-16-3-1-4-18(11-16)17-7-9-26(10-8-17)23(30)19-5-2-6-20(12-19)24(31)27-14-21(28)22(29)15-27/h1-6,11-12,17,21-22,28-29H,7-10,13-15,25H2. The molecule has 0 aromatic heterocycles. The number of benzene rings is 2. The molecule has 2 amide bonds. The lowest BCUT2D eigenvalue weighted by Crippen LogP contribution is -2.38. The normalized spacial score (nSPS) is 22.0. The number of nitrogens with two attached hydrogens (primary N) is 1. The first kappa shape index (κ1) is 21.5. The molecule has 2 fully saturated rings. The van der Waals surface area contributed by atoms with Crippen LogP contribution in [0.15, 0.2) is 48.5 Å². The van der Waals surface area contributed by atoms with E-state index in [2.05, 4.69) is 12.1 Å². The van der Waals surface area contributed by atoms with Crippen molar-refractivity contribution in [2.45, 2.75) is 37.5 Å². The number of carbonyl (C=O) groups is 2. The highest BCUT2D eigenvalue weighted by Gasteiger charge is 2.33. The number of amides is 2. The van der Waals surface area contributed by atoms with Crippen molar-refractivity contribution in [3.63, 3.8) is 0 Å². The number of carbonyl (C=O) groups excluding carboxylic acids is 2. The largest absolute Gasteiger partial charge is 0.388 e. The summed E-state index contributed by atoms with van der Waals surface area (Å²) in [5, 5.41) is 19.4. The van der Waals surface area contributed by atoms with Crippen LogP contribution < -0.4 is 5.73 Å². The van der Waals surface area contributed by atoms with E-state index in [-0.39, 0.29) is 24.9 Å². The van der Waals surface area contributed by atoms with Gasteiger partial charge < -0.3 is 25.7 Å². The number of hydrogen-bond donors (Lipinski definition) is 3. The van der Waals surface area contributed by atoms with E-state index in [1.807, 2.05) is 17.0 Å². The first-order valence-electron chi connectivity index (χ1n) is 10.8. The lowest BCUT2D eigenvalue weighted by Gasteiger charge is -2.32. The van der Waals surface area contributed by atoms with Gasteiger partial charge in [-0.25, -0.2) is 0 Å². The molecular weight excluding hydrogens is 394 g/mol. The van der Waals surface area contributed by atoms with E-state index >= 15 is 0 Å². The molecule has 2 saturated heterocycles. The van der Waals surface area contributed by atoms with Crippen LogP contribution >= 0.6 is 0 Å². The van der Waals surface area contributed by atoms with Gasteiger partial charge in [0.15, 0.2) is 0 Å². The van der Waals surface area contributed by atoms with Gasteiger partial charge in [0, 0.05) is 43.9 Å². The van der Waals surface area contributed by atoms with Gasteiger partial charge in [-0.3, -0.25) is 9.59 Å². The van der Waals surface area contributed by atoms with Gasteiger partial charge in [0.2, 0.25) is 0 Å². The second-order valence-corrected chi connectivity index (χ2v) is 8.44. The van der Waals surface area contributed by atoms with Gasteiger partial charge in [-0.1, -0.05) is 30.3 Å². The average molecular weight is 424 g/mol. The highest BCUT2D eigenvalue weighted by molar-refractivity contribution is 5.99. The number of likely N-dealkylation sites (tertiary alicyclic amines) is 2. The summed E-state index contributed by atoms with van der Waals surface area (Å²) in [4.78, 5) is 29.0. The summed E-state index contributed by atoms with van der Waals surface area (Å²) in [5.74, 6) is 0.0468. The Bertz CT molecular complexity index is 945.